The summed E-state index contributed by atoms with van der Waals surface area (Å²) < 4.78 is 35.1. The molecule has 9 heteroatoms. The van der Waals surface area contributed by atoms with E-state index in [1.807, 2.05) is 5.32 Å². The van der Waals surface area contributed by atoms with Crippen LogP contribution in [0.2, 0.25) is 0 Å². The first-order valence-corrected chi connectivity index (χ1v) is 4.51. The van der Waals surface area contributed by atoms with Gasteiger partial charge in [0.1, 0.15) is 6.04 Å². The average molecular weight is 256 g/mol. The SMILES string of the molecule is CC(NC(=O)CCNC(=O)C(F)(F)F)C(=O)O. The fourth-order valence-corrected chi connectivity index (χ4v) is 0.765. The van der Waals surface area contributed by atoms with Crippen molar-refractivity contribution in [1.82, 2.24) is 10.6 Å². The van der Waals surface area contributed by atoms with Crippen LogP contribution < -0.4 is 10.6 Å². The van der Waals surface area contributed by atoms with Gasteiger partial charge in [-0.2, -0.15) is 13.2 Å². The van der Waals surface area contributed by atoms with Gasteiger partial charge in [0.15, 0.2) is 0 Å². The summed E-state index contributed by atoms with van der Waals surface area (Å²) in [4.78, 5) is 31.6. The maximum absolute atomic E-state index is 11.7. The van der Waals surface area contributed by atoms with Crippen LogP contribution in [0.5, 0.6) is 0 Å². The molecule has 0 aromatic rings. The molecule has 0 aliphatic rings. The predicted molar refractivity (Wildman–Crippen MR) is 48.9 cm³/mol. The van der Waals surface area contributed by atoms with Crippen LogP contribution in [-0.4, -0.2) is 41.7 Å². The Balaban J connectivity index is 3.87. The van der Waals surface area contributed by atoms with Crippen LogP contribution in [0.15, 0.2) is 0 Å². The van der Waals surface area contributed by atoms with Crippen LogP contribution in [0.3, 0.4) is 0 Å². The lowest BCUT2D eigenvalue weighted by Crippen LogP contribution is -2.41. The van der Waals surface area contributed by atoms with Crippen molar-refractivity contribution in [2.75, 3.05) is 6.54 Å². The quantitative estimate of drug-likeness (QED) is 0.626. The number of carbonyl (C=O) groups is 3. The summed E-state index contributed by atoms with van der Waals surface area (Å²) in [7, 11) is 0. The van der Waals surface area contributed by atoms with Crippen LogP contribution in [0.1, 0.15) is 13.3 Å². The van der Waals surface area contributed by atoms with Crippen LogP contribution in [-0.2, 0) is 14.4 Å². The van der Waals surface area contributed by atoms with Gasteiger partial charge in [0.05, 0.1) is 0 Å². The van der Waals surface area contributed by atoms with E-state index in [-0.39, 0.29) is 0 Å². The molecule has 2 amide bonds. The number of amides is 2. The van der Waals surface area contributed by atoms with Crippen molar-refractivity contribution in [3.63, 3.8) is 0 Å². The highest BCUT2D eigenvalue weighted by Crippen LogP contribution is 2.13. The Bertz CT molecular complexity index is 316. The van der Waals surface area contributed by atoms with E-state index in [2.05, 4.69) is 0 Å². The number of hydrogen-bond donors (Lipinski definition) is 3. The van der Waals surface area contributed by atoms with Gasteiger partial charge in [-0.15, -0.1) is 0 Å². The molecule has 0 aromatic carbocycles. The summed E-state index contributed by atoms with van der Waals surface area (Å²) in [5.41, 5.74) is 0. The second-order valence-corrected chi connectivity index (χ2v) is 3.13. The molecule has 0 aliphatic heterocycles. The number of alkyl halides is 3. The molecule has 0 spiro atoms. The maximum atomic E-state index is 11.7. The molecule has 17 heavy (non-hydrogen) atoms. The summed E-state index contributed by atoms with van der Waals surface area (Å²) in [6, 6.07) is -1.14. The van der Waals surface area contributed by atoms with E-state index >= 15 is 0 Å². The summed E-state index contributed by atoms with van der Waals surface area (Å²) >= 11 is 0. The van der Waals surface area contributed by atoms with E-state index in [1.54, 1.807) is 0 Å². The number of carboxylic acid groups (broad SMARTS) is 1. The third-order valence-corrected chi connectivity index (χ3v) is 1.64. The van der Waals surface area contributed by atoms with Gasteiger partial charge < -0.3 is 15.7 Å². The standard InChI is InChI=1S/C8H11F3N2O4/c1-4(6(15)16)13-5(14)2-3-12-7(17)8(9,10)11/h4H,2-3H2,1H3,(H,12,17)(H,13,14)(H,15,16). The molecule has 0 radical (unpaired) electrons. The zero-order valence-electron chi connectivity index (χ0n) is 8.80. The summed E-state index contributed by atoms with van der Waals surface area (Å²) in [6.45, 7) is 0.686. The molecule has 98 valence electrons. The van der Waals surface area contributed by atoms with E-state index < -0.39 is 43.0 Å². The molecule has 0 bridgehead atoms. The number of carbonyl (C=O) groups excluding carboxylic acids is 2. The van der Waals surface area contributed by atoms with Crippen molar-refractivity contribution in [3.8, 4) is 0 Å². The first-order valence-electron chi connectivity index (χ1n) is 4.51. The number of nitrogens with one attached hydrogen (secondary N) is 2. The Morgan fingerprint density at radius 3 is 2.24 bits per heavy atom. The Morgan fingerprint density at radius 1 is 1.29 bits per heavy atom. The van der Waals surface area contributed by atoms with Crippen molar-refractivity contribution in [1.29, 1.82) is 0 Å². The fourth-order valence-electron chi connectivity index (χ4n) is 0.765. The molecule has 6 nitrogen and oxygen atoms in total. The first-order chi connectivity index (χ1) is 7.64. The van der Waals surface area contributed by atoms with Gasteiger partial charge in [-0.05, 0) is 6.92 Å². The minimum Gasteiger partial charge on any atom is -0.480 e. The molecule has 0 fully saturated rings. The lowest BCUT2D eigenvalue weighted by molar-refractivity contribution is -0.173. The molecule has 0 rings (SSSR count). The molecule has 0 saturated heterocycles. The Labute approximate surface area is 94.2 Å². The van der Waals surface area contributed by atoms with Gasteiger partial charge in [-0.25, -0.2) is 0 Å². The largest absolute Gasteiger partial charge is 0.480 e. The van der Waals surface area contributed by atoms with Gasteiger partial charge in [0, 0.05) is 13.0 Å². The van der Waals surface area contributed by atoms with Gasteiger partial charge in [0.25, 0.3) is 0 Å². The molecule has 0 heterocycles. The molecule has 0 aromatic heterocycles. The van der Waals surface area contributed by atoms with E-state index in [0.29, 0.717) is 0 Å². The molecule has 1 unspecified atom stereocenters. The van der Waals surface area contributed by atoms with Gasteiger partial charge in [0.2, 0.25) is 5.91 Å². The Morgan fingerprint density at radius 2 is 1.82 bits per heavy atom. The lowest BCUT2D eigenvalue weighted by atomic mass is 10.3. The maximum Gasteiger partial charge on any atom is 0.471 e. The molecular weight excluding hydrogens is 245 g/mol. The average Bonchev–Trinajstić information content (AvgIpc) is 2.15. The predicted octanol–water partition coefficient (Wildman–Crippen LogP) is -0.356. The number of hydrogen-bond acceptors (Lipinski definition) is 3. The topological polar surface area (TPSA) is 95.5 Å². The fraction of sp³-hybridized carbons (Fsp3) is 0.625. The number of aliphatic carboxylic acids is 1. The van der Waals surface area contributed by atoms with Crippen molar-refractivity contribution >= 4 is 17.8 Å². The minimum atomic E-state index is -5.00. The second kappa shape index (κ2) is 6.06. The normalized spacial score (nSPS) is 12.7. The highest BCUT2D eigenvalue weighted by atomic mass is 19.4. The van der Waals surface area contributed by atoms with Gasteiger partial charge in [-0.1, -0.05) is 0 Å². The van der Waals surface area contributed by atoms with E-state index in [0.717, 1.165) is 0 Å². The van der Waals surface area contributed by atoms with Crippen LogP contribution >= 0.6 is 0 Å². The lowest BCUT2D eigenvalue weighted by Gasteiger charge is -2.10. The third kappa shape index (κ3) is 6.38. The third-order valence-electron chi connectivity index (χ3n) is 1.64. The zero-order chi connectivity index (χ0) is 13.6. The van der Waals surface area contributed by atoms with Gasteiger partial charge in [-0.3, -0.25) is 14.4 Å². The molecule has 0 saturated carbocycles. The number of carboxylic acids is 1. The van der Waals surface area contributed by atoms with Crippen molar-refractivity contribution in [3.05, 3.63) is 0 Å². The first kappa shape index (κ1) is 15.2. The van der Waals surface area contributed by atoms with Crippen LogP contribution in [0.4, 0.5) is 13.2 Å². The summed E-state index contributed by atoms with van der Waals surface area (Å²) in [5.74, 6) is -4.17. The minimum absolute atomic E-state index is 0.431. The summed E-state index contributed by atoms with van der Waals surface area (Å²) in [6.07, 6.45) is -5.43. The van der Waals surface area contributed by atoms with Crippen LogP contribution in [0, 0.1) is 0 Å². The number of halogens is 3. The second-order valence-electron chi connectivity index (χ2n) is 3.13. The Kier molecular flexibility index (Phi) is 5.42. The summed E-state index contributed by atoms with van der Waals surface area (Å²) in [5, 5.41) is 11.9. The van der Waals surface area contributed by atoms with Crippen molar-refractivity contribution in [2.45, 2.75) is 25.6 Å². The van der Waals surface area contributed by atoms with E-state index in [9.17, 15) is 27.6 Å². The van der Waals surface area contributed by atoms with Gasteiger partial charge >= 0.3 is 18.1 Å². The Hall–Kier alpha value is -1.80. The molecule has 1 atom stereocenters. The monoisotopic (exact) mass is 256 g/mol. The van der Waals surface area contributed by atoms with E-state index in [1.165, 1.54) is 12.2 Å². The highest BCUT2D eigenvalue weighted by Gasteiger charge is 2.38. The molecule has 0 aliphatic carbocycles. The highest BCUT2D eigenvalue weighted by molar-refractivity contribution is 5.84. The molecule has 3 N–H and O–H groups in total. The number of rotatable bonds is 5. The van der Waals surface area contributed by atoms with Crippen LogP contribution in [0.25, 0.3) is 0 Å². The van der Waals surface area contributed by atoms with E-state index in [4.69, 9.17) is 5.11 Å². The smallest absolute Gasteiger partial charge is 0.471 e. The molecular formula is C8H11F3N2O4. The zero-order valence-corrected chi connectivity index (χ0v) is 8.80. The van der Waals surface area contributed by atoms with Crippen molar-refractivity contribution < 1.29 is 32.7 Å². The van der Waals surface area contributed by atoms with Crippen molar-refractivity contribution in [2.24, 2.45) is 0 Å².